The first kappa shape index (κ1) is 15.9. The number of nitrogens with zero attached hydrogens (tertiary/aromatic N) is 3. The first-order valence-electron chi connectivity index (χ1n) is 9.08. The molecule has 0 amide bonds. The first-order chi connectivity index (χ1) is 11.6. The van der Waals surface area contributed by atoms with Crippen molar-refractivity contribution in [2.24, 2.45) is 18.9 Å². The van der Waals surface area contributed by atoms with E-state index in [1.165, 1.54) is 6.42 Å². The van der Waals surface area contributed by atoms with Gasteiger partial charge in [-0.1, -0.05) is 6.92 Å². The molecule has 1 aliphatic heterocycles. The number of rotatable bonds is 5. The fourth-order valence-electron chi connectivity index (χ4n) is 3.92. The van der Waals surface area contributed by atoms with Crippen molar-refractivity contribution in [1.82, 2.24) is 14.5 Å². The van der Waals surface area contributed by atoms with Crippen LogP contribution in [0.3, 0.4) is 0 Å². The summed E-state index contributed by atoms with van der Waals surface area (Å²) in [5, 5.41) is 10.6. The number of aliphatic hydroxyl groups is 1. The van der Waals surface area contributed by atoms with Crippen molar-refractivity contribution in [2.45, 2.75) is 44.8 Å². The molecule has 1 saturated heterocycles. The molecule has 1 N–H and O–H groups in total. The standard InChI is InChI=1S/C19H27N3O2/c1-13-11-16(13)17-4-3-15(24-17)12-22-8-5-14(6-9-22)18(23)19-20-7-10-21(19)2/h3-4,7,10,13-14,16,18,23H,5-6,8-9,11-12H2,1-2H3/t13-,16-,18+/m1/s1. The second-order valence-corrected chi connectivity index (χ2v) is 7.58. The van der Waals surface area contributed by atoms with E-state index >= 15 is 0 Å². The van der Waals surface area contributed by atoms with Gasteiger partial charge >= 0.3 is 0 Å². The maximum atomic E-state index is 10.6. The molecule has 4 rings (SSSR count). The normalized spacial score (nSPS) is 26.6. The lowest BCUT2D eigenvalue weighted by atomic mass is 9.90. The van der Waals surface area contributed by atoms with Gasteiger partial charge in [0.15, 0.2) is 0 Å². The van der Waals surface area contributed by atoms with E-state index in [4.69, 9.17) is 4.42 Å². The van der Waals surface area contributed by atoms with E-state index in [1.54, 1.807) is 6.20 Å². The summed E-state index contributed by atoms with van der Waals surface area (Å²) in [5.74, 6) is 4.75. The fourth-order valence-corrected chi connectivity index (χ4v) is 3.92. The lowest BCUT2D eigenvalue weighted by Crippen LogP contribution is -2.35. The van der Waals surface area contributed by atoms with Crippen molar-refractivity contribution in [3.05, 3.63) is 41.9 Å². The summed E-state index contributed by atoms with van der Waals surface area (Å²) in [6.45, 7) is 5.17. The van der Waals surface area contributed by atoms with Gasteiger partial charge in [-0.15, -0.1) is 0 Å². The molecule has 5 nitrogen and oxygen atoms in total. The van der Waals surface area contributed by atoms with Crippen molar-refractivity contribution in [3.63, 3.8) is 0 Å². The Morgan fingerprint density at radius 3 is 2.71 bits per heavy atom. The van der Waals surface area contributed by atoms with Gasteiger partial charge in [-0.05, 0) is 56.3 Å². The topological polar surface area (TPSA) is 54.4 Å². The number of aliphatic hydroxyl groups excluding tert-OH is 1. The lowest BCUT2D eigenvalue weighted by molar-refractivity contribution is 0.0474. The fraction of sp³-hybridized carbons (Fsp3) is 0.632. The third kappa shape index (κ3) is 3.15. The van der Waals surface area contributed by atoms with Crippen LogP contribution < -0.4 is 0 Å². The summed E-state index contributed by atoms with van der Waals surface area (Å²) >= 11 is 0. The van der Waals surface area contributed by atoms with Gasteiger partial charge in [0.2, 0.25) is 0 Å². The maximum Gasteiger partial charge on any atom is 0.137 e. The molecule has 2 aromatic heterocycles. The summed E-state index contributed by atoms with van der Waals surface area (Å²) in [6, 6.07) is 4.29. The van der Waals surface area contributed by atoms with Crippen LogP contribution in [0.25, 0.3) is 0 Å². The zero-order valence-electron chi connectivity index (χ0n) is 14.6. The Hall–Kier alpha value is -1.59. The SMILES string of the molecule is C[C@@H]1C[C@H]1c1ccc(CN2CCC([C@H](O)c3nccn3C)CC2)o1. The maximum absolute atomic E-state index is 10.6. The smallest absolute Gasteiger partial charge is 0.137 e. The van der Waals surface area contributed by atoms with Crippen molar-refractivity contribution in [3.8, 4) is 0 Å². The summed E-state index contributed by atoms with van der Waals surface area (Å²) in [7, 11) is 1.94. The largest absolute Gasteiger partial charge is 0.464 e. The highest BCUT2D eigenvalue weighted by molar-refractivity contribution is 5.17. The molecular formula is C19H27N3O2. The van der Waals surface area contributed by atoms with E-state index in [2.05, 4.69) is 28.9 Å². The van der Waals surface area contributed by atoms with Crippen molar-refractivity contribution < 1.29 is 9.52 Å². The Bertz CT molecular complexity index is 684. The molecule has 1 saturated carbocycles. The molecule has 0 unspecified atom stereocenters. The van der Waals surface area contributed by atoms with Crippen molar-refractivity contribution in [1.29, 1.82) is 0 Å². The average molecular weight is 329 g/mol. The number of imidazole rings is 1. The summed E-state index contributed by atoms with van der Waals surface area (Å²) in [5.41, 5.74) is 0. The predicted octanol–water partition coefficient (Wildman–Crippen LogP) is 3.08. The van der Waals surface area contributed by atoms with E-state index in [0.29, 0.717) is 11.8 Å². The molecule has 3 heterocycles. The van der Waals surface area contributed by atoms with Gasteiger partial charge in [0, 0.05) is 25.4 Å². The Morgan fingerprint density at radius 1 is 1.33 bits per heavy atom. The van der Waals surface area contributed by atoms with Gasteiger partial charge < -0.3 is 14.1 Å². The molecule has 0 radical (unpaired) electrons. The molecule has 1 aliphatic carbocycles. The Balaban J connectivity index is 1.30. The van der Waals surface area contributed by atoms with Crippen LogP contribution in [0.4, 0.5) is 0 Å². The number of likely N-dealkylation sites (tertiary alicyclic amines) is 1. The second kappa shape index (κ2) is 6.37. The minimum absolute atomic E-state index is 0.293. The highest BCUT2D eigenvalue weighted by Crippen LogP contribution is 2.47. The van der Waals surface area contributed by atoms with Crippen LogP contribution in [0.2, 0.25) is 0 Å². The Labute approximate surface area is 143 Å². The zero-order valence-corrected chi connectivity index (χ0v) is 14.6. The third-order valence-electron chi connectivity index (χ3n) is 5.74. The monoisotopic (exact) mass is 329 g/mol. The van der Waals surface area contributed by atoms with E-state index < -0.39 is 6.10 Å². The summed E-state index contributed by atoms with van der Waals surface area (Å²) in [4.78, 5) is 6.72. The second-order valence-electron chi connectivity index (χ2n) is 7.58. The van der Waals surface area contributed by atoms with Crippen LogP contribution in [0.5, 0.6) is 0 Å². The molecule has 2 fully saturated rings. The van der Waals surface area contributed by atoms with Gasteiger partial charge in [-0.25, -0.2) is 4.98 Å². The van der Waals surface area contributed by atoms with E-state index in [1.807, 2.05) is 17.8 Å². The molecule has 0 spiro atoms. The number of furan rings is 1. The molecule has 2 aromatic rings. The molecule has 130 valence electrons. The van der Waals surface area contributed by atoms with Gasteiger partial charge in [0.1, 0.15) is 23.4 Å². The Morgan fingerprint density at radius 2 is 2.08 bits per heavy atom. The molecule has 2 aliphatic rings. The highest BCUT2D eigenvalue weighted by Gasteiger charge is 2.36. The van der Waals surface area contributed by atoms with Crippen LogP contribution in [-0.2, 0) is 13.6 Å². The minimum Gasteiger partial charge on any atom is -0.464 e. The number of piperidine rings is 1. The van der Waals surface area contributed by atoms with Crippen LogP contribution in [0.1, 0.15) is 55.6 Å². The lowest BCUT2D eigenvalue weighted by Gasteiger charge is -2.33. The van der Waals surface area contributed by atoms with E-state index in [0.717, 1.165) is 55.7 Å². The highest BCUT2D eigenvalue weighted by atomic mass is 16.3. The number of aryl methyl sites for hydroxylation is 1. The molecule has 24 heavy (non-hydrogen) atoms. The van der Waals surface area contributed by atoms with Gasteiger partial charge in [0.05, 0.1) is 6.54 Å². The summed E-state index contributed by atoms with van der Waals surface area (Å²) < 4.78 is 7.94. The molecular weight excluding hydrogens is 302 g/mol. The predicted molar refractivity (Wildman–Crippen MR) is 91.4 cm³/mol. The van der Waals surface area contributed by atoms with Gasteiger partial charge in [-0.3, -0.25) is 4.90 Å². The van der Waals surface area contributed by atoms with Crippen LogP contribution in [-0.4, -0.2) is 32.6 Å². The summed E-state index contributed by atoms with van der Waals surface area (Å²) in [6.07, 6.45) is 6.45. The van der Waals surface area contributed by atoms with E-state index in [9.17, 15) is 5.11 Å². The zero-order chi connectivity index (χ0) is 16.7. The van der Waals surface area contributed by atoms with Crippen LogP contribution in [0.15, 0.2) is 28.9 Å². The quantitative estimate of drug-likeness (QED) is 0.916. The van der Waals surface area contributed by atoms with Gasteiger partial charge in [0.25, 0.3) is 0 Å². The van der Waals surface area contributed by atoms with Crippen molar-refractivity contribution in [2.75, 3.05) is 13.1 Å². The molecule has 0 bridgehead atoms. The first-order valence-corrected chi connectivity index (χ1v) is 9.08. The van der Waals surface area contributed by atoms with Crippen LogP contribution >= 0.6 is 0 Å². The van der Waals surface area contributed by atoms with E-state index in [-0.39, 0.29) is 0 Å². The molecule has 0 aromatic carbocycles. The molecule has 5 heteroatoms. The molecule has 3 atom stereocenters. The Kier molecular flexibility index (Phi) is 4.22. The number of aromatic nitrogens is 2. The average Bonchev–Trinajstić information content (AvgIpc) is 2.97. The van der Waals surface area contributed by atoms with Crippen molar-refractivity contribution >= 4 is 0 Å². The van der Waals surface area contributed by atoms with Gasteiger partial charge in [-0.2, -0.15) is 0 Å². The number of hydrogen-bond donors (Lipinski definition) is 1. The third-order valence-corrected chi connectivity index (χ3v) is 5.74. The minimum atomic E-state index is -0.460. The van der Waals surface area contributed by atoms with Crippen LogP contribution in [0, 0.1) is 11.8 Å². The number of hydrogen-bond acceptors (Lipinski definition) is 4.